The van der Waals surface area contributed by atoms with E-state index in [2.05, 4.69) is 50.4 Å². The van der Waals surface area contributed by atoms with Gasteiger partial charge in [0.2, 0.25) is 11.9 Å². The molecule has 2 amide bonds. The summed E-state index contributed by atoms with van der Waals surface area (Å²) in [6.07, 6.45) is 5.28. The average Bonchev–Trinajstić information content (AvgIpc) is 3.07. The molecule has 0 unspecified atom stereocenters. The second-order valence-electron chi connectivity index (χ2n) is 12.8. The van der Waals surface area contributed by atoms with Crippen LogP contribution in [0.3, 0.4) is 0 Å². The maximum atomic E-state index is 14.0. The first-order valence-electron chi connectivity index (χ1n) is 16.3. The van der Waals surface area contributed by atoms with Gasteiger partial charge in [-0.25, -0.2) is 4.98 Å². The van der Waals surface area contributed by atoms with Gasteiger partial charge >= 0.3 is 0 Å². The lowest BCUT2D eigenvalue weighted by Gasteiger charge is -2.43. The van der Waals surface area contributed by atoms with E-state index in [1.165, 1.54) is 11.1 Å². The summed E-state index contributed by atoms with van der Waals surface area (Å²) in [7, 11) is 0. The molecular weight excluding hydrogens is 568 g/mol. The standard InChI is InChI=1S/C34H42N8O3/c1-23(43)39-15-9-27(10-16-39)36-32-19-29(37-34(38-32)42-17-11-28-26(21-42)7-4-13-35-28)33(45)41-18-12-30(31(44)22-41)40-14-8-24-5-2-3-6-25(24)20-40/h2-7,13,19,27,30-31,44H,8-12,14-18,20-22H2,1H3,(H,36,37,38)/t30-,31-/m1/s1. The van der Waals surface area contributed by atoms with Gasteiger partial charge in [0.25, 0.3) is 5.91 Å². The number of piperidine rings is 2. The molecule has 2 atom stereocenters. The lowest BCUT2D eigenvalue weighted by Crippen LogP contribution is -2.56. The minimum absolute atomic E-state index is 0.0171. The Hall–Kier alpha value is -4.09. The Labute approximate surface area is 264 Å². The molecular formula is C34H42N8O3. The summed E-state index contributed by atoms with van der Waals surface area (Å²) in [5, 5.41) is 14.8. The molecule has 11 heteroatoms. The average molecular weight is 611 g/mol. The first kappa shape index (κ1) is 29.6. The second-order valence-corrected chi connectivity index (χ2v) is 12.8. The minimum atomic E-state index is -0.635. The Balaban J connectivity index is 1.08. The lowest BCUT2D eigenvalue weighted by atomic mass is 9.94. The minimum Gasteiger partial charge on any atom is -0.390 e. The third kappa shape index (κ3) is 6.37. The first-order valence-corrected chi connectivity index (χ1v) is 16.3. The number of aliphatic hydroxyl groups excluding tert-OH is 1. The van der Waals surface area contributed by atoms with Crippen molar-refractivity contribution in [3.05, 3.63) is 76.7 Å². The Morgan fingerprint density at radius 1 is 0.867 bits per heavy atom. The summed E-state index contributed by atoms with van der Waals surface area (Å²) >= 11 is 0. The van der Waals surface area contributed by atoms with Crippen molar-refractivity contribution in [2.75, 3.05) is 49.5 Å². The number of carbonyl (C=O) groups is 2. The fourth-order valence-electron chi connectivity index (χ4n) is 7.34. The predicted octanol–water partition coefficient (Wildman–Crippen LogP) is 2.49. The lowest BCUT2D eigenvalue weighted by molar-refractivity contribution is -0.129. The van der Waals surface area contributed by atoms with Crippen LogP contribution >= 0.6 is 0 Å². The molecule has 2 N–H and O–H groups in total. The van der Waals surface area contributed by atoms with Crippen LogP contribution in [0.25, 0.3) is 0 Å². The van der Waals surface area contributed by atoms with E-state index in [1.54, 1.807) is 17.9 Å². The smallest absolute Gasteiger partial charge is 0.272 e. The molecule has 0 radical (unpaired) electrons. The number of benzene rings is 1. The molecule has 4 aliphatic heterocycles. The molecule has 3 aromatic rings. The van der Waals surface area contributed by atoms with Crippen molar-refractivity contribution in [2.24, 2.45) is 0 Å². The Morgan fingerprint density at radius 2 is 1.64 bits per heavy atom. The summed E-state index contributed by atoms with van der Waals surface area (Å²) in [6, 6.07) is 14.5. The fourth-order valence-corrected chi connectivity index (χ4v) is 7.34. The second kappa shape index (κ2) is 12.7. The van der Waals surface area contributed by atoms with Crippen LogP contribution in [-0.2, 0) is 30.7 Å². The molecule has 4 aliphatic rings. The Kier molecular flexibility index (Phi) is 8.37. The van der Waals surface area contributed by atoms with Gasteiger partial charge in [0, 0.05) is 95.7 Å². The van der Waals surface area contributed by atoms with Gasteiger partial charge in [0.05, 0.1) is 6.10 Å². The van der Waals surface area contributed by atoms with Crippen LogP contribution in [-0.4, -0.2) is 104 Å². The van der Waals surface area contributed by atoms with Crippen LogP contribution in [0.4, 0.5) is 11.8 Å². The molecule has 236 valence electrons. The number of amides is 2. The van der Waals surface area contributed by atoms with Gasteiger partial charge in [-0.1, -0.05) is 30.3 Å². The number of aromatic nitrogens is 3. The summed E-state index contributed by atoms with van der Waals surface area (Å²) in [6.45, 7) is 6.92. The number of fused-ring (bicyclic) bond motifs is 2. The summed E-state index contributed by atoms with van der Waals surface area (Å²) in [5.41, 5.74) is 5.27. The largest absolute Gasteiger partial charge is 0.390 e. The molecule has 0 aliphatic carbocycles. The first-order chi connectivity index (χ1) is 21.9. The highest BCUT2D eigenvalue weighted by atomic mass is 16.3. The van der Waals surface area contributed by atoms with Crippen LogP contribution in [0, 0.1) is 0 Å². The number of nitrogens with one attached hydrogen (secondary N) is 1. The topological polar surface area (TPSA) is 118 Å². The highest BCUT2D eigenvalue weighted by Crippen LogP contribution is 2.28. The van der Waals surface area contributed by atoms with Gasteiger partial charge in [0.15, 0.2) is 0 Å². The maximum absolute atomic E-state index is 14.0. The molecule has 6 heterocycles. The van der Waals surface area contributed by atoms with Gasteiger partial charge in [-0.3, -0.25) is 19.5 Å². The van der Waals surface area contributed by atoms with Gasteiger partial charge in [0.1, 0.15) is 11.5 Å². The summed E-state index contributed by atoms with van der Waals surface area (Å²) in [4.78, 5) is 48.2. The van der Waals surface area contributed by atoms with Crippen LogP contribution in [0.1, 0.15) is 59.1 Å². The molecule has 2 aromatic heterocycles. The van der Waals surface area contributed by atoms with Gasteiger partial charge in [-0.2, -0.15) is 4.98 Å². The van der Waals surface area contributed by atoms with E-state index in [4.69, 9.17) is 9.97 Å². The molecule has 0 bridgehead atoms. The zero-order chi connectivity index (χ0) is 30.9. The van der Waals surface area contributed by atoms with Crippen molar-refractivity contribution in [1.82, 2.24) is 29.7 Å². The maximum Gasteiger partial charge on any atom is 0.272 e. The monoisotopic (exact) mass is 610 g/mol. The van der Waals surface area contributed by atoms with E-state index < -0.39 is 6.10 Å². The Morgan fingerprint density at radius 3 is 2.44 bits per heavy atom. The zero-order valence-electron chi connectivity index (χ0n) is 25.9. The van der Waals surface area contributed by atoms with E-state index in [9.17, 15) is 14.7 Å². The molecule has 45 heavy (non-hydrogen) atoms. The molecule has 2 saturated heterocycles. The van der Waals surface area contributed by atoms with Gasteiger partial charge in [-0.15, -0.1) is 0 Å². The van der Waals surface area contributed by atoms with Crippen LogP contribution in [0.5, 0.6) is 0 Å². The number of hydrogen-bond donors (Lipinski definition) is 2. The number of hydrogen-bond acceptors (Lipinski definition) is 9. The van der Waals surface area contributed by atoms with E-state index >= 15 is 0 Å². The van der Waals surface area contributed by atoms with Crippen molar-refractivity contribution in [3.8, 4) is 0 Å². The molecule has 0 saturated carbocycles. The van der Waals surface area contributed by atoms with Crippen LogP contribution in [0.15, 0.2) is 48.7 Å². The molecule has 0 spiro atoms. The third-order valence-electron chi connectivity index (χ3n) is 9.94. The molecule has 7 rings (SSSR count). The highest BCUT2D eigenvalue weighted by molar-refractivity contribution is 5.93. The van der Waals surface area contributed by atoms with Gasteiger partial charge < -0.3 is 25.1 Å². The van der Waals surface area contributed by atoms with E-state index in [0.29, 0.717) is 56.6 Å². The summed E-state index contributed by atoms with van der Waals surface area (Å²) < 4.78 is 0. The number of rotatable bonds is 5. The number of β-amino-alcohol motifs (C(OH)–C–C–N with tert-alkyl or cyclic N) is 1. The number of likely N-dealkylation sites (tertiary alicyclic amines) is 2. The van der Waals surface area contributed by atoms with Crippen LogP contribution < -0.4 is 10.2 Å². The Bertz CT molecular complexity index is 1560. The predicted molar refractivity (Wildman–Crippen MR) is 171 cm³/mol. The molecule has 11 nitrogen and oxygen atoms in total. The number of pyridine rings is 1. The summed E-state index contributed by atoms with van der Waals surface area (Å²) in [5.74, 6) is 1.04. The van der Waals surface area contributed by atoms with E-state index in [-0.39, 0.29) is 30.4 Å². The van der Waals surface area contributed by atoms with Crippen molar-refractivity contribution in [1.29, 1.82) is 0 Å². The SMILES string of the molecule is CC(=O)N1CCC(Nc2cc(C(=O)N3CC[C@@H](N4CCc5ccccc5C4)[C@H](O)C3)nc(N3CCc4ncccc4C3)n2)CC1. The quantitative estimate of drug-likeness (QED) is 0.449. The van der Waals surface area contributed by atoms with E-state index in [0.717, 1.165) is 50.0 Å². The normalized spacial score (nSPS) is 22.5. The van der Waals surface area contributed by atoms with Crippen molar-refractivity contribution in [2.45, 2.75) is 70.3 Å². The third-order valence-corrected chi connectivity index (χ3v) is 9.94. The molecule has 2 fully saturated rings. The number of anilines is 2. The fraction of sp³-hybridized carbons (Fsp3) is 0.500. The molecule has 1 aromatic carbocycles. The zero-order valence-corrected chi connectivity index (χ0v) is 25.9. The number of carbonyl (C=O) groups excluding carboxylic acids is 2. The highest BCUT2D eigenvalue weighted by Gasteiger charge is 2.36. The van der Waals surface area contributed by atoms with Crippen LogP contribution in [0.2, 0.25) is 0 Å². The number of nitrogens with zero attached hydrogens (tertiary/aromatic N) is 7. The van der Waals surface area contributed by atoms with Crippen molar-refractivity contribution < 1.29 is 14.7 Å². The van der Waals surface area contributed by atoms with Gasteiger partial charge in [-0.05, 0) is 48.4 Å². The van der Waals surface area contributed by atoms with Crippen molar-refractivity contribution in [3.63, 3.8) is 0 Å². The number of aliphatic hydroxyl groups is 1. The van der Waals surface area contributed by atoms with E-state index in [1.807, 2.05) is 17.2 Å². The van der Waals surface area contributed by atoms with Crippen molar-refractivity contribution >= 4 is 23.6 Å².